The van der Waals surface area contributed by atoms with E-state index >= 15 is 0 Å². The molecule has 0 N–H and O–H groups in total. The largest absolute Gasteiger partial charge is 0.310 e. The van der Waals surface area contributed by atoms with Gasteiger partial charge in [0.05, 0.1) is 0 Å². The maximum atomic E-state index is 4.92. The smallest absolute Gasteiger partial charge is 0.160 e. The Morgan fingerprint density at radius 2 is 2.10 bits per heavy atom. The van der Waals surface area contributed by atoms with Gasteiger partial charge in [-0.15, -0.1) is 0 Å². The van der Waals surface area contributed by atoms with Crippen LogP contribution >= 0.6 is 0 Å². The minimum absolute atomic E-state index is 0.633. The minimum atomic E-state index is 0.633. The maximum absolute atomic E-state index is 4.92. The van der Waals surface area contributed by atoms with E-state index in [4.69, 9.17) is 4.98 Å². The lowest BCUT2D eigenvalue weighted by molar-refractivity contribution is 0.179. The van der Waals surface area contributed by atoms with Gasteiger partial charge in [0.15, 0.2) is 5.65 Å². The summed E-state index contributed by atoms with van der Waals surface area (Å²) >= 11 is 0. The monoisotopic (exact) mass is 284 g/mol. The molecule has 21 heavy (non-hydrogen) atoms. The molecule has 2 aliphatic rings. The first-order valence-corrected chi connectivity index (χ1v) is 8.35. The fourth-order valence-corrected chi connectivity index (χ4v) is 3.76. The van der Waals surface area contributed by atoms with Crippen LogP contribution in [0.4, 0.5) is 0 Å². The molecular formula is C17H24N4. The third kappa shape index (κ3) is 2.35. The van der Waals surface area contributed by atoms with Crippen LogP contribution in [0.3, 0.4) is 0 Å². The van der Waals surface area contributed by atoms with Crippen LogP contribution in [0.2, 0.25) is 0 Å². The molecule has 0 aromatic carbocycles. The Morgan fingerprint density at radius 1 is 1.19 bits per heavy atom. The zero-order chi connectivity index (χ0) is 14.2. The van der Waals surface area contributed by atoms with E-state index in [1.807, 2.05) is 12.3 Å². The molecule has 2 fully saturated rings. The van der Waals surface area contributed by atoms with E-state index in [9.17, 15) is 0 Å². The van der Waals surface area contributed by atoms with Crippen LogP contribution in [0.25, 0.3) is 11.2 Å². The Labute approximate surface area is 126 Å². The van der Waals surface area contributed by atoms with E-state index in [-0.39, 0.29) is 0 Å². The van der Waals surface area contributed by atoms with Crippen LogP contribution < -0.4 is 0 Å². The van der Waals surface area contributed by atoms with Gasteiger partial charge < -0.3 is 9.47 Å². The number of pyridine rings is 1. The fraction of sp³-hybridized carbons (Fsp3) is 0.647. The number of rotatable bonds is 3. The van der Waals surface area contributed by atoms with E-state index in [1.165, 1.54) is 50.9 Å². The quantitative estimate of drug-likeness (QED) is 0.868. The molecule has 0 radical (unpaired) electrons. The molecule has 4 nitrogen and oxygen atoms in total. The lowest BCUT2D eigenvalue weighted by atomic mass is 9.92. The molecule has 0 spiro atoms. The zero-order valence-electron chi connectivity index (χ0n) is 12.8. The van der Waals surface area contributed by atoms with Gasteiger partial charge in [0.1, 0.15) is 11.3 Å². The number of piperidine rings is 1. The SMILES string of the molecule is CN1CCCCC1Cc1nc2cccnc2n1C1CCC1. The van der Waals surface area contributed by atoms with Crippen molar-refractivity contribution in [3.05, 3.63) is 24.2 Å². The van der Waals surface area contributed by atoms with E-state index in [1.54, 1.807) is 0 Å². The average molecular weight is 284 g/mol. The first-order valence-electron chi connectivity index (χ1n) is 8.35. The number of nitrogens with zero attached hydrogens (tertiary/aromatic N) is 4. The lowest BCUT2D eigenvalue weighted by Crippen LogP contribution is -2.38. The molecule has 1 unspecified atom stereocenters. The highest BCUT2D eigenvalue weighted by molar-refractivity contribution is 5.71. The Balaban J connectivity index is 1.69. The van der Waals surface area contributed by atoms with Gasteiger partial charge in [-0.3, -0.25) is 0 Å². The maximum Gasteiger partial charge on any atom is 0.160 e. The van der Waals surface area contributed by atoms with Crippen LogP contribution in [-0.2, 0) is 6.42 Å². The lowest BCUT2D eigenvalue weighted by Gasteiger charge is -2.34. The summed E-state index contributed by atoms with van der Waals surface area (Å²) in [5.74, 6) is 1.26. The Bertz CT molecular complexity index is 629. The number of hydrogen-bond donors (Lipinski definition) is 0. The summed E-state index contributed by atoms with van der Waals surface area (Å²) in [7, 11) is 2.26. The van der Waals surface area contributed by atoms with Gasteiger partial charge in [0, 0.05) is 24.7 Å². The van der Waals surface area contributed by atoms with Crippen molar-refractivity contribution in [2.75, 3.05) is 13.6 Å². The van der Waals surface area contributed by atoms with Crippen molar-refractivity contribution in [1.82, 2.24) is 19.4 Å². The summed E-state index contributed by atoms with van der Waals surface area (Å²) in [6.45, 7) is 1.23. The number of aromatic nitrogens is 3. The van der Waals surface area contributed by atoms with Crippen molar-refractivity contribution in [2.24, 2.45) is 0 Å². The second-order valence-corrected chi connectivity index (χ2v) is 6.66. The second kappa shape index (κ2) is 5.41. The standard InChI is InChI=1S/C17H24N4/c1-20-11-3-2-6-14(20)12-16-19-15-9-5-10-18-17(15)21(16)13-7-4-8-13/h5,9-10,13-14H,2-4,6-8,11-12H2,1H3. The highest BCUT2D eigenvalue weighted by Crippen LogP contribution is 2.35. The molecule has 0 bridgehead atoms. The summed E-state index contributed by atoms with van der Waals surface area (Å²) in [6, 6.07) is 5.38. The molecule has 1 aliphatic heterocycles. The topological polar surface area (TPSA) is 34.0 Å². The molecule has 2 aromatic rings. The second-order valence-electron chi connectivity index (χ2n) is 6.66. The minimum Gasteiger partial charge on any atom is -0.310 e. The van der Waals surface area contributed by atoms with Crippen molar-refractivity contribution < 1.29 is 0 Å². The Kier molecular flexibility index (Phi) is 3.42. The van der Waals surface area contributed by atoms with Gasteiger partial charge in [-0.05, 0) is 57.8 Å². The van der Waals surface area contributed by atoms with Gasteiger partial charge in [-0.2, -0.15) is 0 Å². The van der Waals surface area contributed by atoms with Crippen molar-refractivity contribution >= 4 is 11.2 Å². The van der Waals surface area contributed by atoms with Crippen LogP contribution in [0.1, 0.15) is 50.4 Å². The van der Waals surface area contributed by atoms with E-state index in [0.717, 1.165) is 17.6 Å². The number of likely N-dealkylation sites (tertiary alicyclic amines) is 1. The van der Waals surface area contributed by atoms with Gasteiger partial charge >= 0.3 is 0 Å². The van der Waals surface area contributed by atoms with Crippen molar-refractivity contribution in [2.45, 2.75) is 57.0 Å². The molecule has 1 aliphatic carbocycles. The molecule has 4 heteroatoms. The van der Waals surface area contributed by atoms with Crippen molar-refractivity contribution in [3.8, 4) is 0 Å². The molecule has 1 saturated heterocycles. The van der Waals surface area contributed by atoms with Crippen molar-refractivity contribution in [1.29, 1.82) is 0 Å². The molecule has 112 valence electrons. The predicted molar refractivity (Wildman–Crippen MR) is 84.4 cm³/mol. The van der Waals surface area contributed by atoms with Gasteiger partial charge in [-0.25, -0.2) is 9.97 Å². The Morgan fingerprint density at radius 3 is 2.86 bits per heavy atom. The van der Waals surface area contributed by atoms with E-state index in [0.29, 0.717) is 12.1 Å². The molecule has 3 heterocycles. The third-order valence-electron chi connectivity index (χ3n) is 5.30. The predicted octanol–water partition coefficient (Wildman–Crippen LogP) is 3.18. The molecule has 4 rings (SSSR count). The number of hydrogen-bond acceptors (Lipinski definition) is 3. The molecular weight excluding hydrogens is 260 g/mol. The molecule has 1 atom stereocenters. The summed E-state index contributed by atoms with van der Waals surface area (Å²) in [5, 5.41) is 0. The highest BCUT2D eigenvalue weighted by Gasteiger charge is 2.28. The first kappa shape index (κ1) is 13.3. The normalized spacial score (nSPS) is 24.3. The summed E-state index contributed by atoms with van der Waals surface area (Å²) in [5.41, 5.74) is 2.16. The highest BCUT2D eigenvalue weighted by atomic mass is 15.2. The molecule has 1 saturated carbocycles. The van der Waals surface area contributed by atoms with E-state index in [2.05, 4.69) is 27.6 Å². The first-order chi connectivity index (χ1) is 10.3. The third-order valence-corrected chi connectivity index (χ3v) is 5.30. The fourth-order valence-electron chi connectivity index (χ4n) is 3.76. The van der Waals surface area contributed by atoms with Crippen LogP contribution in [-0.4, -0.2) is 39.1 Å². The summed E-state index contributed by atoms with van der Waals surface area (Å²) in [4.78, 5) is 12.0. The average Bonchev–Trinajstić information content (AvgIpc) is 2.78. The van der Waals surface area contributed by atoms with Crippen molar-refractivity contribution in [3.63, 3.8) is 0 Å². The molecule has 0 amide bonds. The zero-order valence-corrected chi connectivity index (χ0v) is 12.8. The summed E-state index contributed by atoms with van der Waals surface area (Å²) < 4.78 is 2.45. The van der Waals surface area contributed by atoms with E-state index < -0.39 is 0 Å². The van der Waals surface area contributed by atoms with Crippen LogP contribution in [0.15, 0.2) is 18.3 Å². The number of imidazole rings is 1. The summed E-state index contributed by atoms with van der Waals surface area (Å²) in [6.07, 6.45) is 10.9. The molecule has 2 aromatic heterocycles. The van der Waals surface area contributed by atoms with Gasteiger partial charge in [-0.1, -0.05) is 6.42 Å². The Hall–Kier alpha value is -1.42. The number of fused-ring (bicyclic) bond motifs is 1. The van der Waals surface area contributed by atoms with Crippen LogP contribution in [0, 0.1) is 0 Å². The van der Waals surface area contributed by atoms with Crippen LogP contribution in [0.5, 0.6) is 0 Å². The van der Waals surface area contributed by atoms with Gasteiger partial charge in [0.25, 0.3) is 0 Å². The van der Waals surface area contributed by atoms with Gasteiger partial charge in [0.2, 0.25) is 0 Å². The number of likely N-dealkylation sites (N-methyl/N-ethyl adjacent to an activating group) is 1.